The fraction of sp³-hybridized carbons (Fsp3) is 1.00. The van der Waals surface area contributed by atoms with Crippen molar-refractivity contribution in [1.82, 2.24) is 0 Å². The van der Waals surface area contributed by atoms with Crippen LogP contribution in [0.15, 0.2) is 0 Å². The number of unbranched alkanes of at least 4 members (excludes halogenated alkanes) is 15. The molecule has 0 aliphatic heterocycles. The van der Waals surface area contributed by atoms with Gasteiger partial charge in [0.05, 0.1) is 0 Å². The predicted molar refractivity (Wildman–Crippen MR) is 113 cm³/mol. The van der Waals surface area contributed by atoms with Crippen molar-refractivity contribution in [2.24, 2.45) is 5.92 Å². The summed E-state index contributed by atoms with van der Waals surface area (Å²) in [5.41, 5.74) is 0. The van der Waals surface area contributed by atoms with Crippen LogP contribution in [-0.4, -0.2) is 12.8 Å². The van der Waals surface area contributed by atoms with E-state index in [-0.39, 0.29) is 0 Å². The summed E-state index contributed by atoms with van der Waals surface area (Å²) < 4.78 is 17.0. The van der Waals surface area contributed by atoms with Crippen molar-refractivity contribution < 1.29 is 9.09 Å². The molecule has 0 rings (SSSR count). The normalized spacial score (nSPS) is 12.1. The van der Waals surface area contributed by atoms with Crippen LogP contribution < -0.4 is 0 Å². The zero-order valence-electron chi connectivity index (χ0n) is 17.6. The second-order valence-electron chi connectivity index (χ2n) is 8.05. The van der Waals surface area contributed by atoms with E-state index < -0.39 is 8.03 Å². The molecule has 0 heterocycles. The molecule has 1 unspecified atom stereocenters. The molecule has 0 bridgehead atoms. The van der Waals surface area contributed by atoms with Gasteiger partial charge in [-0.3, -0.25) is 0 Å². The minimum absolute atomic E-state index is 0.477. The van der Waals surface area contributed by atoms with Crippen LogP contribution in [0.4, 0.5) is 0 Å². The monoisotopic (exact) mass is 373 g/mol. The highest BCUT2D eigenvalue weighted by molar-refractivity contribution is 7.39. The van der Waals surface area contributed by atoms with Gasteiger partial charge in [-0.2, -0.15) is 0 Å². The molecule has 25 heavy (non-hydrogen) atoms. The van der Waals surface area contributed by atoms with Gasteiger partial charge in [0.1, 0.15) is 6.61 Å². The van der Waals surface area contributed by atoms with Crippen molar-refractivity contribution in [2.45, 2.75) is 124 Å². The van der Waals surface area contributed by atoms with Gasteiger partial charge in [0.2, 0.25) is 0 Å². The van der Waals surface area contributed by atoms with E-state index in [0.717, 1.165) is 12.6 Å². The molecule has 0 spiro atoms. The first kappa shape index (κ1) is 25.1. The van der Waals surface area contributed by atoms with Gasteiger partial charge in [-0.25, -0.2) is 0 Å². The summed E-state index contributed by atoms with van der Waals surface area (Å²) in [6.07, 6.45) is 22.8. The van der Waals surface area contributed by atoms with Crippen molar-refractivity contribution in [3.8, 4) is 0 Å². The largest absolute Gasteiger partial charge is 0.508 e. The molecule has 0 N–H and O–H groups in total. The van der Waals surface area contributed by atoms with Crippen molar-refractivity contribution in [3.05, 3.63) is 0 Å². The summed E-state index contributed by atoms with van der Waals surface area (Å²) in [4.78, 5) is 0. The fourth-order valence-corrected chi connectivity index (χ4v) is 4.16. The molecule has 0 saturated heterocycles. The molecule has 0 saturated carbocycles. The molecule has 0 aromatic heterocycles. The molecule has 0 aromatic carbocycles. The molecule has 0 aliphatic rings. The van der Waals surface area contributed by atoms with Gasteiger partial charge in [0, 0.05) is 0 Å². The van der Waals surface area contributed by atoms with Gasteiger partial charge in [-0.05, 0) is 23.3 Å². The first-order valence-electron chi connectivity index (χ1n) is 11.2. The summed E-state index contributed by atoms with van der Waals surface area (Å²) in [6, 6.07) is 0. The zero-order chi connectivity index (χ0) is 18.6. The summed E-state index contributed by atoms with van der Waals surface area (Å²) in [5, 5.41) is 0. The highest BCUT2D eigenvalue weighted by atomic mass is 31.1. The fourth-order valence-electron chi connectivity index (χ4n) is 3.09. The lowest BCUT2D eigenvalue weighted by atomic mass is 10.0. The van der Waals surface area contributed by atoms with Crippen LogP contribution >= 0.6 is 8.03 Å². The van der Waals surface area contributed by atoms with Gasteiger partial charge in [-0.15, -0.1) is 4.52 Å². The molecule has 1 atom stereocenters. The SMILES string of the molecule is CCCCCCCCCCCCCCCCCC[P+](=O)OCC(C)C. The smallest absolute Gasteiger partial charge is 0.146 e. The highest BCUT2D eigenvalue weighted by Crippen LogP contribution is 2.25. The van der Waals surface area contributed by atoms with E-state index in [0.29, 0.717) is 12.5 Å². The van der Waals surface area contributed by atoms with Crippen LogP contribution in [0.3, 0.4) is 0 Å². The lowest BCUT2D eigenvalue weighted by Crippen LogP contribution is -1.97. The lowest BCUT2D eigenvalue weighted by Gasteiger charge is -2.03. The molecule has 0 amide bonds. The number of rotatable bonds is 20. The van der Waals surface area contributed by atoms with E-state index >= 15 is 0 Å². The van der Waals surface area contributed by atoms with E-state index in [9.17, 15) is 4.57 Å². The molecule has 0 radical (unpaired) electrons. The van der Waals surface area contributed by atoms with Crippen molar-refractivity contribution in [3.63, 3.8) is 0 Å². The Morgan fingerprint density at radius 2 is 1.00 bits per heavy atom. The van der Waals surface area contributed by atoms with E-state index in [1.807, 2.05) is 0 Å². The maximum absolute atomic E-state index is 11.6. The summed E-state index contributed by atoms with van der Waals surface area (Å²) in [6.45, 7) is 7.11. The number of hydrogen-bond acceptors (Lipinski definition) is 2. The van der Waals surface area contributed by atoms with Crippen LogP contribution in [0.25, 0.3) is 0 Å². The summed E-state index contributed by atoms with van der Waals surface area (Å²) in [5.74, 6) is 0.477. The molecular weight excluding hydrogens is 327 g/mol. The number of hydrogen-bond donors (Lipinski definition) is 0. The lowest BCUT2D eigenvalue weighted by molar-refractivity contribution is 0.282. The summed E-state index contributed by atoms with van der Waals surface area (Å²) in [7, 11) is -1.41. The Bertz CT molecular complexity index is 279. The molecule has 0 fully saturated rings. The third-order valence-electron chi connectivity index (χ3n) is 4.75. The maximum Gasteiger partial charge on any atom is 0.508 e. The quantitative estimate of drug-likeness (QED) is 0.158. The molecule has 3 heteroatoms. The second-order valence-corrected chi connectivity index (χ2v) is 9.42. The van der Waals surface area contributed by atoms with Crippen LogP contribution in [0.1, 0.15) is 124 Å². The predicted octanol–water partition coefficient (Wildman–Crippen LogP) is 8.66. The Morgan fingerprint density at radius 3 is 1.36 bits per heavy atom. The Kier molecular flexibility index (Phi) is 20.4. The van der Waals surface area contributed by atoms with Gasteiger partial charge >= 0.3 is 8.03 Å². The molecule has 2 nitrogen and oxygen atoms in total. The molecular formula is C22H46O2P+. The molecule has 0 aromatic rings. The molecule has 150 valence electrons. The first-order chi connectivity index (χ1) is 12.2. The minimum atomic E-state index is -1.41. The van der Waals surface area contributed by atoms with E-state index in [4.69, 9.17) is 4.52 Å². The topological polar surface area (TPSA) is 26.3 Å². The van der Waals surface area contributed by atoms with E-state index in [1.54, 1.807) is 0 Å². The third kappa shape index (κ3) is 22.0. The van der Waals surface area contributed by atoms with Crippen molar-refractivity contribution >= 4 is 8.03 Å². The summed E-state index contributed by atoms with van der Waals surface area (Å²) >= 11 is 0. The Labute approximate surface area is 159 Å². The van der Waals surface area contributed by atoms with Crippen LogP contribution in [-0.2, 0) is 9.09 Å². The third-order valence-corrected chi connectivity index (χ3v) is 5.86. The zero-order valence-corrected chi connectivity index (χ0v) is 18.5. The molecule has 0 aliphatic carbocycles. The average Bonchev–Trinajstić information content (AvgIpc) is 2.59. The Hall–Kier alpha value is 0.0600. The van der Waals surface area contributed by atoms with Gasteiger partial charge in [-0.1, -0.05) is 111 Å². The van der Waals surface area contributed by atoms with E-state index in [2.05, 4.69) is 20.8 Å². The second kappa shape index (κ2) is 20.4. The van der Waals surface area contributed by atoms with Crippen LogP contribution in [0.5, 0.6) is 0 Å². The minimum Gasteiger partial charge on any atom is -0.146 e. The van der Waals surface area contributed by atoms with E-state index in [1.165, 1.54) is 96.3 Å². The Morgan fingerprint density at radius 1 is 0.640 bits per heavy atom. The highest BCUT2D eigenvalue weighted by Gasteiger charge is 2.16. The van der Waals surface area contributed by atoms with Gasteiger partial charge < -0.3 is 0 Å². The van der Waals surface area contributed by atoms with Crippen molar-refractivity contribution in [2.75, 3.05) is 12.8 Å². The van der Waals surface area contributed by atoms with Crippen molar-refractivity contribution in [1.29, 1.82) is 0 Å². The first-order valence-corrected chi connectivity index (χ1v) is 12.6. The van der Waals surface area contributed by atoms with Gasteiger partial charge in [0.25, 0.3) is 0 Å². The Balaban J connectivity index is 3.08. The van der Waals surface area contributed by atoms with Gasteiger partial charge in [0.15, 0.2) is 6.16 Å². The maximum atomic E-state index is 11.6. The van der Waals surface area contributed by atoms with Crippen LogP contribution in [0.2, 0.25) is 0 Å². The van der Waals surface area contributed by atoms with Crippen LogP contribution in [0, 0.1) is 5.92 Å². The average molecular weight is 374 g/mol. The standard InChI is InChI=1S/C22H46O2P/c1-4-5-6-7-8-9-10-11-12-13-14-15-16-17-18-19-20-25(23)24-21-22(2)3/h22H,4-21H2,1-3H3/q+1.